The van der Waals surface area contributed by atoms with Crippen LogP contribution in [-0.4, -0.2) is 105 Å². The van der Waals surface area contributed by atoms with Crippen LogP contribution in [0.5, 0.6) is 11.5 Å². The highest BCUT2D eigenvalue weighted by Gasteiger charge is 2.24. The number of ether oxygens (including phenoxy) is 2. The summed E-state index contributed by atoms with van der Waals surface area (Å²) in [6, 6.07) is 19.0. The van der Waals surface area contributed by atoms with E-state index < -0.39 is 42.0 Å². The molecule has 0 saturated heterocycles. The van der Waals surface area contributed by atoms with Crippen LogP contribution in [0.3, 0.4) is 0 Å². The van der Waals surface area contributed by atoms with Gasteiger partial charge in [0.25, 0.3) is 11.8 Å². The van der Waals surface area contributed by atoms with Gasteiger partial charge in [0.2, 0.25) is 0 Å². The summed E-state index contributed by atoms with van der Waals surface area (Å²) in [6.45, 7) is 6.42. The van der Waals surface area contributed by atoms with E-state index in [1.54, 1.807) is 119 Å². The van der Waals surface area contributed by atoms with Gasteiger partial charge < -0.3 is 41.4 Å². The average Bonchev–Trinajstić information content (AvgIpc) is 3.85. The number of nitrogens with zero attached hydrogens (tertiary/aromatic N) is 9. The second-order valence-corrected chi connectivity index (χ2v) is 22.4. The fraction of sp³-hybridized carbons (Fsp3) is 0.216. The van der Waals surface area contributed by atoms with Gasteiger partial charge >= 0.3 is 0 Å². The van der Waals surface area contributed by atoms with Crippen LogP contribution in [0, 0.1) is 0 Å². The minimum Gasteiger partial charge on any atom is -0.494 e. The van der Waals surface area contributed by atoms with E-state index in [-0.39, 0.29) is 39.1 Å². The van der Waals surface area contributed by atoms with Crippen LogP contribution in [0.1, 0.15) is 54.0 Å². The van der Waals surface area contributed by atoms with Gasteiger partial charge in [0.1, 0.15) is 27.2 Å². The molecule has 25 heteroatoms. The second-order valence-electron chi connectivity index (χ2n) is 17.4. The third kappa shape index (κ3) is 11.6. The molecule has 6 aromatic heterocycles. The van der Waals surface area contributed by atoms with Gasteiger partial charge in [-0.15, -0.1) is 0 Å². The number of carbonyl (C=O) groups excluding carboxylic acids is 2. The van der Waals surface area contributed by atoms with Crippen LogP contribution in [0.25, 0.3) is 22.8 Å². The summed E-state index contributed by atoms with van der Waals surface area (Å²) in [5.41, 5.74) is 3.63. The highest BCUT2D eigenvalue weighted by Crippen LogP contribution is 2.39. The molecule has 6 N–H and O–H groups in total. The zero-order valence-electron chi connectivity index (χ0n) is 42.4. The van der Waals surface area contributed by atoms with Gasteiger partial charge in [-0.05, 0) is 63.6 Å². The molecule has 0 fully saturated rings. The van der Waals surface area contributed by atoms with E-state index in [4.69, 9.17) is 9.47 Å². The number of amides is 2. The molecule has 0 unspecified atom stereocenters. The zero-order valence-corrected chi connectivity index (χ0v) is 44.1. The zero-order chi connectivity index (χ0) is 54.3. The summed E-state index contributed by atoms with van der Waals surface area (Å²) < 4.78 is 64.2. The Morgan fingerprint density at radius 2 is 1.03 bits per heavy atom. The molecule has 0 atom stereocenters. The lowest BCUT2D eigenvalue weighted by Gasteiger charge is -2.18. The van der Waals surface area contributed by atoms with Crippen LogP contribution in [0.2, 0.25) is 0 Å². The van der Waals surface area contributed by atoms with Crippen LogP contribution in [-0.2, 0) is 33.3 Å². The molecule has 2 amide bonds. The highest BCUT2D eigenvalue weighted by molar-refractivity contribution is 7.92. The Labute approximate surface area is 438 Å². The first kappa shape index (κ1) is 53.2. The lowest BCUT2D eigenvalue weighted by molar-refractivity contribution is 0.0947. The van der Waals surface area contributed by atoms with Gasteiger partial charge in [-0.2, -0.15) is 5.10 Å². The predicted octanol–water partition coefficient (Wildman–Crippen LogP) is 7.16. The van der Waals surface area contributed by atoms with E-state index in [2.05, 4.69) is 71.9 Å². The Kier molecular flexibility index (Phi) is 15.8. The van der Waals surface area contributed by atoms with Crippen molar-refractivity contribution in [1.82, 2.24) is 55.3 Å². The fourth-order valence-corrected chi connectivity index (χ4v) is 9.36. The molecule has 0 spiro atoms. The van der Waals surface area contributed by atoms with Crippen molar-refractivity contribution in [1.29, 1.82) is 0 Å². The lowest BCUT2D eigenvalue weighted by atomic mass is 10.1. The van der Waals surface area contributed by atoms with Crippen LogP contribution in [0.4, 0.5) is 46.0 Å². The number of sulfone groups is 2. The molecule has 0 aliphatic heterocycles. The number of benzene rings is 2. The minimum atomic E-state index is -3.60. The first-order chi connectivity index (χ1) is 36.4. The molecule has 0 saturated carbocycles. The summed E-state index contributed by atoms with van der Waals surface area (Å²) in [5.74, 6) is 1.90. The van der Waals surface area contributed by atoms with E-state index in [1.807, 2.05) is 0 Å². The molecule has 0 bridgehead atoms. The number of pyridine rings is 3. The van der Waals surface area contributed by atoms with Crippen molar-refractivity contribution in [3.8, 4) is 34.3 Å². The van der Waals surface area contributed by atoms with Crippen molar-refractivity contribution in [2.45, 2.75) is 54.5 Å². The van der Waals surface area contributed by atoms with E-state index in [0.29, 0.717) is 74.2 Å². The van der Waals surface area contributed by atoms with E-state index in [1.165, 1.54) is 58.4 Å². The third-order valence-electron chi connectivity index (χ3n) is 11.6. The summed E-state index contributed by atoms with van der Waals surface area (Å²) in [5, 5.41) is 21.6. The van der Waals surface area contributed by atoms with Crippen molar-refractivity contribution < 1.29 is 35.9 Å². The van der Waals surface area contributed by atoms with Crippen molar-refractivity contribution in [3.05, 3.63) is 133 Å². The average molecular weight is 1070 g/mol. The standard InChI is InChI=1S/C51H53N15O8S2/c1-29(2)75(69,70)32-23-56-48(57-24-32)34-11-9-13-38(46(34)73-7)61-40-19-44(54-27-36(40)50(67)52-5)63-42-16-15-31(21-53-42)22-60-51(68)37-28-55-45(64-43-17-18-66(6)65-43)20-41(37)62-39-14-10-12-35(47(39)74-8)49-58-25-33(26-59-49)76(71,72)30(3)4/h9-21,23-30H,22H2,1-8H3,(H,52,67)(H,60,68)(H2,53,54,61,63)(H2,55,62,64,65). The van der Waals surface area contributed by atoms with Crippen LogP contribution in [0.15, 0.2) is 126 Å². The molecule has 392 valence electrons. The largest absolute Gasteiger partial charge is 0.494 e. The number of methoxy groups -OCH3 is 2. The van der Waals surface area contributed by atoms with Crippen molar-refractivity contribution >= 4 is 77.5 Å². The number of nitrogens with one attached hydrogen (secondary N) is 6. The molecule has 6 heterocycles. The van der Waals surface area contributed by atoms with E-state index >= 15 is 0 Å². The maximum Gasteiger partial charge on any atom is 0.255 e. The Morgan fingerprint density at radius 1 is 0.553 bits per heavy atom. The van der Waals surface area contributed by atoms with E-state index in [9.17, 15) is 26.4 Å². The highest BCUT2D eigenvalue weighted by atomic mass is 32.2. The van der Waals surface area contributed by atoms with Gasteiger partial charge in [-0.25, -0.2) is 51.7 Å². The Hall–Kier alpha value is -9.10. The van der Waals surface area contributed by atoms with Gasteiger partial charge in [0.15, 0.2) is 48.6 Å². The molecule has 8 aromatic rings. The molecule has 0 radical (unpaired) electrons. The Morgan fingerprint density at radius 3 is 1.45 bits per heavy atom. The Bertz CT molecular complexity index is 3650. The molecule has 0 aliphatic carbocycles. The molecular formula is C51H53N15O8S2. The normalized spacial score (nSPS) is 11.5. The summed E-state index contributed by atoms with van der Waals surface area (Å²) >= 11 is 0. The smallest absolute Gasteiger partial charge is 0.255 e. The van der Waals surface area contributed by atoms with Crippen molar-refractivity contribution in [3.63, 3.8) is 0 Å². The Balaban J connectivity index is 0.996. The second kappa shape index (κ2) is 22.6. The van der Waals surface area contributed by atoms with Gasteiger partial charge in [0, 0.05) is 88.4 Å². The molecule has 23 nitrogen and oxygen atoms in total. The first-order valence-electron chi connectivity index (χ1n) is 23.4. The number of anilines is 8. The predicted molar refractivity (Wildman–Crippen MR) is 286 cm³/mol. The number of aromatic nitrogens is 9. The van der Waals surface area contributed by atoms with Gasteiger partial charge in [0.05, 0.1) is 69.7 Å². The number of aryl methyl sites for hydroxylation is 1. The molecule has 2 aromatic carbocycles. The van der Waals surface area contributed by atoms with Gasteiger partial charge in [-0.3, -0.25) is 14.3 Å². The maximum absolute atomic E-state index is 14.0. The fourth-order valence-electron chi connectivity index (χ4n) is 7.48. The molecule has 8 rings (SSSR count). The summed E-state index contributed by atoms with van der Waals surface area (Å²) in [7, 11) is -0.962. The van der Waals surface area contributed by atoms with Gasteiger partial charge in [-0.1, -0.05) is 18.2 Å². The van der Waals surface area contributed by atoms with Crippen LogP contribution >= 0.6 is 0 Å². The van der Waals surface area contributed by atoms with Crippen LogP contribution < -0.4 is 41.4 Å². The van der Waals surface area contributed by atoms with Crippen molar-refractivity contribution in [2.75, 3.05) is 42.5 Å². The summed E-state index contributed by atoms with van der Waals surface area (Å²) in [6.07, 6.45) is 11.3. The topological polar surface area (TPSA) is 301 Å². The maximum atomic E-state index is 14.0. The van der Waals surface area contributed by atoms with E-state index in [0.717, 1.165) is 0 Å². The third-order valence-corrected chi connectivity index (χ3v) is 15.9. The van der Waals surface area contributed by atoms with Crippen molar-refractivity contribution in [2.24, 2.45) is 7.05 Å². The number of hydrogen-bond donors (Lipinski definition) is 6. The number of rotatable bonds is 20. The SMILES string of the molecule is CNC(=O)c1cnc(Nc2ccc(CNC(=O)c3cnc(Nc4ccn(C)n4)cc3Nc3cccc(-c4ncc(S(=O)(=O)C(C)C)cn4)c3OC)cn2)cc1Nc1cccc(-c2ncc(S(=O)(=O)C(C)C)cn2)c1OC. The molecular weight excluding hydrogens is 1010 g/mol. The number of carbonyl (C=O) groups is 2. The summed E-state index contributed by atoms with van der Waals surface area (Å²) in [4.78, 5) is 58.0. The minimum absolute atomic E-state index is 0.000465. The lowest BCUT2D eigenvalue weighted by Crippen LogP contribution is -2.24. The molecule has 0 aliphatic rings. The quantitative estimate of drug-likeness (QED) is 0.0441. The monoisotopic (exact) mass is 1070 g/mol. The number of para-hydroxylation sites is 2. The first-order valence-corrected chi connectivity index (χ1v) is 26.5. The molecule has 76 heavy (non-hydrogen) atoms. The number of hydrogen-bond acceptors (Lipinski definition) is 20.